The second kappa shape index (κ2) is 7.62. The van der Waals surface area contributed by atoms with E-state index < -0.39 is 11.9 Å². The number of piperidine rings is 2. The molecule has 1 aromatic heterocycles. The summed E-state index contributed by atoms with van der Waals surface area (Å²) in [6.45, 7) is 17.7. The van der Waals surface area contributed by atoms with Gasteiger partial charge in [0.25, 0.3) is 5.91 Å². The molecule has 2 fully saturated rings. The highest BCUT2D eigenvalue weighted by atomic mass is 16.3. The Morgan fingerprint density at radius 3 is 1.71 bits per heavy atom. The fourth-order valence-electron chi connectivity index (χ4n) is 6.53. The van der Waals surface area contributed by atoms with E-state index in [9.17, 15) is 9.59 Å². The van der Waals surface area contributed by atoms with E-state index in [0.29, 0.717) is 0 Å². The fourth-order valence-corrected chi connectivity index (χ4v) is 6.53. The van der Waals surface area contributed by atoms with Crippen LogP contribution < -0.4 is 21.7 Å². The number of rotatable bonds is 3. The number of carbonyl (C=O) groups excluding carboxylic acids is 2. The molecule has 0 aliphatic carbocycles. The Balaban J connectivity index is 2.09. The molecule has 3 heterocycles. The van der Waals surface area contributed by atoms with E-state index in [-0.39, 0.29) is 39.8 Å². The molecule has 0 radical (unpaired) electrons. The number of urea groups is 1. The summed E-state index contributed by atoms with van der Waals surface area (Å²) in [4.78, 5) is 24.2. The first kappa shape index (κ1) is 23.8. The molecule has 7 nitrogen and oxygen atoms in total. The summed E-state index contributed by atoms with van der Waals surface area (Å²) in [6.07, 6.45) is 5.37. The van der Waals surface area contributed by atoms with Crippen molar-refractivity contribution >= 4 is 11.9 Å². The van der Waals surface area contributed by atoms with Crippen molar-refractivity contribution in [3.63, 3.8) is 0 Å². The van der Waals surface area contributed by atoms with Crippen LogP contribution in [0.15, 0.2) is 10.7 Å². The fraction of sp³-hybridized carbons (Fsp3) is 0.750. The Hall–Kier alpha value is -1.86. The number of hydrogen-bond acceptors (Lipinski definition) is 5. The average molecular weight is 433 g/mol. The van der Waals surface area contributed by atoms with Crippen LogP contribution in [0.25, 0.3) is 0 Å². The first-order valence-electron chi connectivity index (χ1n) is 11.3. The van der Waals surface area contributed by atoms with Gasteiger partial charge in [0, 0.05) is 27.7 Å². The number of carbonyl (C=O) groups is 2. The summed E-state index contributed by atoms with van der Waals surface area (Å²) in [7, 11) is 0. The van der Waals surface area contributed by atoms with Gasteiger partial charge in [-0.05, 0) is 98.5 Å². The zero-order valence-electron chi connectivity index (χ0n) is 20.4. The smallest absolute Gasteiger partial charge is 0.319 e. The summed E-state index contributed by atoms with van der Waals surface area (Å²) >= 11 is 0. The number of hydrogen-bond donors (Lipinski definition) is 4. The van der Waals surface area contributed by atoms with E-state index in [4.69, 9.17) is 10.2 Å². The number of imide groups is 1. The Morgan fingerprint density at radius 1 is 0.871 bits per heavy atom. The van der Waals surface area contributed by atoms with E-state index in [1.165, 1.54) is 0 Å². The molecule has 31 heavy (non-hydrogen) atoms. The lowest BCUT2D eigenvalue weighted by molar-refractivity contribution is 0.0932. The van der Waals surface area contributed by atoms with Gasteiger partial charge in [0.2, 0.25) is 0 Å². The van der Waals surface area contributed by atoms with Crippen LogP contribution in [-0.2, 0) is 0 Å². The third-order valence-electron chi connectivity index (χ3n) is 6.53. The van der Waals surface area contributed by atoms with Crippen LogP contribution in [0.2, 0.25) is 0 Å². The van der Waals surface area contributed by atoms with E-state index in [1.54, 1.807) is 6.26 Å². The van der Waals surface area contributed by atoms with Crippen molar-refractivity contribution in [1.29, 1.82) is 0 Å². The van der Waals surface area contributed by atoms with Crippen LogP contribution >= 0.6 is 0 Å². The number of primary amides is 1. The quantitative estimate of drug-likeness (QED) is 0.574. The largest absolute Gasteiger partial charge is 0.459 e. The predicted molar refractivity (Wildman–Crippen MR) is 122 cm³/mol. The van der Waals surface area contributed by atoms with Crippen LogP contribution in [0.3, 0.4) is 0 Å². The summed E-state index contributed by atoms with van der Waals surface area (Å²) < 4.78 is 5.88. The maximum Gasteiger partial charge on any atom is 0.319 e. The predicted octanol–water partition coefficient (Wildman–Crippen LogP) is 4.14. The maximum atomic E-state index is 12.9. The van der Waals surface area contributed by atoms with Crippen molar-refractivity contribution in [2.75, 3.05) is 0 Å². The average Bonchev–Trinajstić information content (AvgIpc) is 2.93. The van der Waals surface area contributed by atoms with Gasteiger partial charge >= 0.3 is 6.03 Å². The molecule has 7 heteroatoms. The van der Waals surface area contributed by atoms with Crippen LogP contribution in [0, 0.1) is 0 Å². The van der Waals surface area contributed by atoms with Crippen molar-refractivity contribution in [3.05, 3.63) is 23.2 Å². The molecule has 2 aliphatic heterocycles. The summed E-state index contributed by atoms with van der Waals surface area (Å²) in [6, 6.07) is -0.871. The monoisotopic (exact) mass is 432 g/mol. The van der Waals surface area contributed by atoms with Crippen LogP contribution in [0.1, 0.15) is 115 Å². The molecule has 3 amide bonds. The second-order valence-electron chi connectivity index (χ2n) is 12.2. The SMILES string of the molecule is CC1(C)CC(c2coc(C(=O)NC(N)=O)c2C2CC(C)(C)NC(C)(C)C2)CC(C)(C)N1. The first-order chi connectivity index (χ1) is 14.0. The normalized spacial score (nSPS) is 25.2. The van der Waals surface area contributed by atoms with Crippen molar-refractivity contribution < 1.29 is 14.0 Å². The minimum atomic E-state index is -0.871. The van der Waals surface area contributed by atoms with Crippen LogP contribution in [-0.4, -0.2) is 34.1 Å². The number of amides is 3. The molecule has 1 aromatic rings. The minimum Gasteiger partial charge on any atom is -0.459 e. The van der Waals surface area contributed by atoms with Gasteiger partial charge < -0.3 is 20.8 Å². The van der Waals surface area contributed by atoms with Gasteiger partial charge in [0.1, 0.15) is 0 Å². The van der Waals surface area contributed by atoms with Crippen LogP contribution in [0.4, 0.5) is 4.79 Å². The highest BCUT2D eigenvalue weighted by molar-refractivity contribution is 6.03. The highest BCUT2D eigenvalue weighted by Gasteiger charge is 2.44. The molecule has 0 saturated carbocycles. The molecule has 0 unspecified atom stereocenters. The Kier molecular flexibility index (Phi) is 5.85. The number of nitrogens with one attached hydrogen (secondary N) is 3. The molecule has 174 valence electrons. The summed E-state index contributed by atoms with van der Waals surface area (Å²) in [5, 5.41) is 9.65. The Labute approximate surface area is 186 Å². The standard InChI is InChI=1S/C24H40N4O3/c1-21(2)9-14(10-22(3,4)27-21)16-13-31-18(19(29)26-20(25)30)17(16)15-11-23(5,6)28-24(7,8)12-15/h13-15,27-28H,9-12H2,1-8H3,(H3,25,26,29,30). The zero-order chi connectivity index (χ0) is 23.4. The topological polar surface area (TPSA) is 109 Å². The van der Waals surface area contributed by atoms with Gasteiger partial charge in [-0.2, -0.15) is 0 Å². The van der Waals surface area contributed by atoms with Gasteiger partial charge in [-0.15, -0.1) is 0 Å². The van der Waals surface area contributed by atoms with Gasteiger partial charge in [-0.3, -0.25) is 10.1 Å². The highest BCUT2D eigenvalue weighted by Crippen LogP contribution is 2.47. The Bertz CT molecular complexity index is 834. The summed E-state index contributed by atoms with van der Waals surface area (Å²) in [5.41, 5.74) is 7.01. The minimum absolute atomic E-state index is 0.0384. The molecule has 5 N–H and O–H groups in total. The molecule has 3 rings (SSSR count). The lowest BCUT2D eigenvalue weighted by Crippen LogP contribution is -2.58. The number of furan rings is 1. The molecular weight excluding hydrogens is 392 g/mol. The van der Waals surface area contributed by atoms with Crippen LogP contribution in [0.5, 0.6) is 0 Å². The molecule has 0 spiro atoms. The lowest BCUT2D eigenvalue weighted by atomic mass is 9.68. The first-order valence-corrected chi connectivity index (χ1v) is 11.3. The zero-order valence-corrected chi connectivity index (χ0v) is 20.4. The van der Waals surface area contributed by atoms with Gasteiger partial charge in [0.05, 0.1) is 6.26 Å². The summed E-state index contributed by atoms with van der Waals surface area (Å²) in [5.74, 6) is 0.0489. The van der Waals surface area contributed by atoms with Crippen molar-refractivity contribution in [1.82, 2.24) is 16.0 Å². The van der Waals surface area contributed by atoms with Crippen molar-refractivity contribution in [3.8, 4) is 0 Å². The second-order valence-corrected chi connectivity index (χ2v) is 12.2. The van der Waals surface area contributed by atoms with Crippen molar-refractivity contribution in [2.24, 2.45) is 5.73 Å². The Morgan fingerprint density at radius 2 is 1.29 bits per heavy atom. The lowest BCUT2D eigenvalue weighted by Gasteiger charge is -2.48. The van der Waals surface area contributed by atoms with Gasteiger partial charge in [0.15, 0.2) is 5.76 Å². The van der Waals surface area contributed by atoms with E-state index >= 15 is 0 Å². The molecule has 0 atom stereocenters. The van der Waals surface area contributed by atoms with E-state index in [1.807, 2.05) is 0 Å². The van der Waals surface area contributed by atoms with Gasteiger partial charge in [-0.25, -0.2) is 4.79 Å². The van der Waals surface area contributed by atoms with E-state index in [0.717, 1.165) is 36.8 Å². The molecule has 2 saturated heterocycles. The molecule has 0 aromatic carbocycles. The number of nitrogens with two attached hydrogens (primary N) is 1. The molecule has 2 aliphatic rings. The van der Waals surface area contributed by atoms with Gasteiger partial charge in [-0.1, -0.05) is 0 Å². The molecule has 0 bridgehead atoms. The third kappa shape index (κ3) is 5.50. The van der Waals surface area contributed by atoms with E-state index in [2.05, 4.69) is 71.3 Å². The third-order valence-corrected chi connectivity index (χ3v) is 6.53. The maximum absolute atomic E-state index is 12.9. The molecular formula is C24H40N4O3. The van der Waals surface area contributed by atoms with Crippen molar-refractivity contribution in [2.45, 2.75) is 115 Å².